The maximum atomic E-state index is 12.6. The molecule has 134 valence electrons. The fraction of sp³-hybridized carbons (Fsp3) is 0. The Bertz CT molecular complexity index is 1030. The van der Waals surface area contributed by atoms with Crippen LogP contribution in [0.1, 0.15) is 5.76 Å². The number of anilines is 1. The maximum absolute atomic E-state index is 12.6. The van der Waals surface area contributed by atoms with Gasteiger partial charge in [0.1, 0.15) is 5.76 Å². The third kappa shape index (κ3) is 3.98. The summed E-state index contributed by atoms with van der Waals surface area (Å²) >= 11 is 8.24. The highest BCUT2D eigenvalue weighted by molar-refractivity contribution is 8.19. The lowest BCUT2D eigenvalue weighted by atomic mass is 10.3. The highest BCUT2D eigenvalue weighted by Crippen LogP contribution is 2.36. The summed E-state index contributed by atoms with van der Waals surface area (Å²) in [6.45, 7) is 0. The smallest absolute Gasteiger partial charge is 0.298 e. The van der Waals surface area contributed by atoms with Crippen molar-refractivity contribution in [2.24, 2.45) is 0 Å². The topological polar surface area (TPSA) is 50.5 Å². The van der Waals surface area contributed by atoms with E-state index in [4.69, 9.17) is 16.0 Å². The molecule has 1 saturated heterocycles. The van der Waals surface area contributed by atoms with Crippen LogP contribution in [0.15, 0.2) is 86.0 Å². The molecule has 1 aromatic heterocycles. The molecule has 4 rings (SSSR count). The molecule has 2 heterocycles. The molecule has 0 radical (unpaired) electrons. The normalized spacial score (nSPS) is 15.7. The molecule has 0 aliphatic carbocycles. The molecule has 0 N–H and O–H groups in total. The van der Waals surface area contributed by atoms with E-state index in [0.29, 0.717) is 26.5 Å². The van der Waals surface area contributed by atoms with Crippen LogP contribution in [-0.2, 0) is 4.79 Å². The van der Waals surface area contributed by atoms with Crippen LogP contribution in [0.5, 0.6) is 0 Å². The SMILES string of the molecule is O=C1S/C(=C/c2ccc(Sc3ccc(Cl)cc3)o2)C(=O)N1c1ccccc1. The summed E-state index contributed by atoms with van der Waals surface area (Å²) in [5.41, 5.74) is 0.557. The summed E-state index contributed by atoms with van der Waals surface area (Å²) in [7, 11) is 0. The average Bonchev–Trinajstić information content (AvgIpc) is 3.22. The van der Waals surface area contributed by atoms with E-state index in [1.54, 1.807) is 36.4 Å². The Kier molecular flexibility index (Phi) is 5.11. The lowest BCUT2D eigenvalue weighted by Crippen LogP contribution is -2.27. The molecule has 0 saturated carbocycles. The van der Waals surface area contributed by atoms with Crippen molar-refractivity contribution in [2.45, 2.75) is 9.99 Å². The van der Waals surface area contributed by atoms with Crippen LogP contribution >= 0.6 is 35.1 Å². The van der Waals surface area contributed by atoms with Crippen LogP contribution in [0.25, 0.3) is 6.08 Å². The van der Waals surface area contributed by atoms with Gasteiger partial charge in [-0.2, -0.15) is 0 Å². The molecule has 2 aromatic carbocycles. The summed E-state index contributed by atoms with van der Waals surface area (Å²) in [6, 6.07) is 19.9. The van der Waals surface area contributed by atoms with Gasteiger partial charge in [0.05, 0.1) is 10.6 Å². The second-order valence-corrected chi connectivity index (χ2v) is 8.07. The van der Waals surface area contributed by atoms with Gasteiger partial charge in [-0.1, -0.05) is 41.6 Å². The van der Waals surface area contributed by atoms with E-state index in [0.717, 1.165) is 16.7 Å². The second-order valence-electron chi connectivity index (χ2n) is 5.57. The number of nitrogens with zero attached hydrogens (tertiary/aromatic N) is 1. The highest BCUT2D eigenvalue weighted by Gasteiger charge is 2.36. The number of imide groups is 1. The molecular weight excluding hydrogens is 402 g/mol. The minimum absolute atomic E-state index is 0.320. The number of halogens is 1. The lowest BCUT2D eigenvalue weighted by Gasteiger charge is -2.11. The molecule has 27 heavy (non-hydrogen) atoms. The van der Waals surface area contributed by atoms with E-state index in [1.165, 1.54) is 16.7 Å². The molecule has 1 aliphatic rings. The Balaban J connectivity index is 1.52. The first-order chi connectivity index (χ1) is 13.1. The Morgan fingerprint density at radius 1 is 0.963 bits per heavy atom. The monoisotopic (exact) mass is 413 g/mol. The summed E-state index contributed by atoms with van der Waals surface area (Å²) in [6.07, 6.45) is 1.60. The van der Waals surface area contributed by atoms with Gasteiger partial charge in [0.15, 0.2) is 5.09 Å². The molecule has 3 aromatic rings. The third-order valence-corrected chi connectivity index (χ3v) is 5.77. The van der Waals surface area contributed by atoms with Crippen molar-refractivity contribution >= 4 is 58.0 Å². The molecule has 7 heteroatoms. The van der Waals surface area contributed by atoms with Crippen molar-refractivity contribution in [2.75, 3.05) is 4.90 Å². The average molecular weight is 414 g/mol. The zero-order valence-corrected chi connectivity index (χ0v) is 16.2. The largest absolute Gasteiger partial charge is 0.450 e. The van der Waals surface area contributed by atoms with Gasteiger partial charge >= 0.3 is 0 Å². The van der Waals surface area contributed by atoms with E-state index in [9.17, 15) is 9.59 Å². The summed E-state index contributed by atoms with van der Waals surface area (Å²) in [5.74, 6) is 0.171. The number of thioether (sulfide) groups is 1. The summed E-state index contributed by atoms with van der Waals surface area (Å²) < 4.78 is 5.76. The molecule has 0 bridgehead atoms. The molecule has 2 amide bonds. The number of hydrogen-bond donors (Lipinski definition) is 0. The van der Waals surface area contributed by atoms with Crippen LogP contribution in [0, 0.1) is 0 Å². The van der Waals surface area contributed by atoms with Gasteiger partial charge in [0.25, 0.3) is 11.1 Å². The Hall–Kier alpha value is -2.41. The van der Waals surface area contributed by atoms with E-state index in [-0.39, 0.29) is 11.1 Å². The van der Waals surface area contributed by atoms with Crippen LogP contribution in [-0.4, -0.2) is 11.1 Å². The number of para-hydroxylation sites is 1. The van der Waals surface area contributed by atoms with Gasteiger partial charge in [0.2, 0.25) is 0 Å². The first-order valence-corrected chi connectivity index (χ1v) is 9.97. The highest BCUT2D eigenvalue weighted by atomic mass is 35.5. The summed E-state index contributed by atoms with van der Waals surface area (Å²) in [4.78, 5) is 27.3. The molecule has 0 atom stereocenters. The zero-order valence-electron chi connectivity index (χ0n) is 13.8. The van der Waals surface area contributed by atoms with Crippen molar-refractivity contribution in [1.29, 1.82) is 0 Å². The minimum Gasteiger partial charge on any atom is -0.450 e. The predicted octanol–water partition coefficient (Wildman–Crippen LogP) is 6.33. The number of amides is 2. The van der Waals surface area contributed by atoms with Crippen LogP contribution in [0.4, 0.5) is 10.5 Å². The van der Waals surface area contributed by atoms with Crippen LogP contribution in [0.3, 0.4) is 0 Å². The van der Waals surface area contributed by atoms with Crippen molar-refractivity contribution in [3.8, 4) is 0 Å². The number of furan rings is 1. The van der Waals surface area contributed by atoms with Gasteiger partial charge in [-0.25, -0.2) is 4.90 Å². The van der Waals surface area contributed by atoms with Crippen molar-refractivity contribution in [3.63, 3.8) is 0 Å². The fourth-order valence-corrected chi connectivity index (χ4v) is 4.21. The van der Waals surface area contributed by atoms with Crippen LogP contribution < -0.4 is 4.90 Å². The maximum Gasteiger partial charge on any atom is 0.298 e. The Morgan fingerprint density at radius 3 is 2.44 bits per heavy atom. The molecule has 0 spiro atoms. The van der Waals surface area contributed by atoms with E-state index in [1.807, 2.05) is 36.4 Å². The quantitative estimate of drug-likeness (QED) is 0.468. The number of carbonyl (C=O) groups is 2. The van der Waals surface area contributed by atoms with Gasteiger partial charge < -0.3 is 4.42 Å². The van der Waals surface area contributed by atoms with Crippen molar-refractivity contribution in [1.82, 2.24) is 0 Å². The summed E-state index contributed by atoms with van der Waals surface area (Å²) in [5, 5.41) is 1.04. The number of carbonyl (C=O) groups excluding carboxylic acids is 2. The van der Waals surface area contributed by atoms with Crippen LogP contribution in [0.2, 0.25) is 5.02 Å². The minimum atomic E-state index is -0.348. The number of hydrogen-bond acceptors (Lipinski definition) is 5. The molecule has 1 fully saturated rings. The first-order valence-electron chi connectivity index (χ1n) is 7.96. The Labute approximate surface area is 169 Å². The standard InChI is InChI=1S/C20H12ClNO3S2/c21-13-6-9-16(10-7-13)26-18-11-8-15(25-18)12-17-19(23)22(20(24)27-17)14-4-2-1-3-5-14/h1-12H/b17-12+. The fourth-order valence-electron chi connectivity index (χ4n) is 2.48. The third-order valence-electron chi connectivity index (χ3n) is 3.72. The van der Waals surface area contributed by atoms with E-state index >= 15 is 0 Å². The van der Waals surface area contributed by atoms with Gasteiger partial charge in [-0.3, -0.25) is 9.59 Å². The zero-order chi connectivity index (χ0) is 18.8. The lowest BCUT2D eigenvalue weighted by molar-refractivity contribution is -0.113. The predicted molar refractivity (Wildman–Crippen MR) is 109 cm³/mol. The van der Waals surface area contributed by atoms with Gasteiger partial charge in [-0.05, 0) is 60.3 Å². The van der Waals surface area contributed by atoms with Crippen molar-refractivity contribution < 1.29 is 14.0 Å². The second kappa shape index (κ2) is 7.68. The van der Waals surface area contributed by atoms with Crippen molar-refractivity contribution in [3.05, 3.63) is 82.4 Å². The molecule has 0 unspecified atom stereocenters. The number of rotatable bonds is 4. The Morgan fingerprint density at radius 2 is 1.70 bits per heavy atom. The van der Waals surface area contributed by atoms with Gasteiger partial charge in [0, 0.05) is 16.0 Å². The molecule has 4 nitrogen and oxygen atoms in total. The number of benzene rings is 2. The first kappa shape index (κ1) is 18.0. The molecule has 1 aliphatic heterocycles. The van der Waals surface area contributed by atoms with Gasteiger partial charge in [-0.15, -0.1) is 0 Å². The van der Waals surface area contributed by atoms with E-state index < -0.39 is 0 Å². The molecular formula is C20H12ClNO3S2. The van der Waals surface area contributed by atoms with E-state index in [2.05, 4.69) is 0 Å².